The molecule has 0 saturated heterocycles. The number of fused-ring (bicyclic) bond motifs is 3. The standard InChI is InChI=1S/C29H26O/c1-19-10-8-13-21(18-19)23-16-17-25-27(28(23)29(2,3)4)26-22(14-9-15-24(26)30-25)20-11-6-5-7-12-20/h5-18H,1-4H3/i8D,10D,13D,18D. The molecule has 148 valence electrons. The highest BCUT2D eigenvalue weighted by molar-refractivity contribution is 6.15. The van der Waals surface area contributed by atoms with Crippen LogP contribution in [0.1, 0.15) is 37.4 Å². The third-order valence-electron chi connectivity index (χ3n) is 5.52. The van der Waals surface area contributed by atoms with E-state index in [-0.39, 0.29) is 29.6 Å². The van der Waals surface area contributed by atoms with Crippen molar-refractivity contribution < 1.29 is 9.90 Å². The molecular weight excluding hydrogens is 364 g/mol. The van der Waals surface area contributed by atoms with E-state index in [9.17, 15) is 0 Å². The number of hydrogen-bond donors (Lipinski definition) is 0. The molecule has 0 N–H and O–H groups in total. The lowest BCUT2D eigenvalue weighted by atomic mass is 9.78. The maximum Gasteiger partial charge on any atom is 0.136 e. The van der Waals surface area contributed by atoms with Gasteiger partial charge in [-0.25, -0.2) is 0 Å². The zero-order valence-electron chi connectivity index (χ0n) is 21.7. The molecule has 0 radical (unpaired) electrons. The van der Waals surface area contributed by atoms with Crippen molar-refractivity contribution in [3.05, 3.63) is 96.0 Å². The number of hydrogen-bond acceptors (Lipinski definition) is 1. The maximum absolute atomic E-state index is 8.78. The normalized spacial score (nSPS) is 13.9. The summed E-state index contributed by atoms with van der Waals surface area (Å²) in [4.78, 5) is 0. The fourth-order valence-corrected chi connectivity index (χ4v) is 4.33. The van der Waals surface area contributed by atoms with Crippen molar-refractivity contribution in [3.8, 4) is 22.3 Å². The molecule has 0 aliphatic carbocycles. The van der Waals surface area contributed by atoms with Gasteiger partial charge < -0.3 is 4.42 Å². The molecule has 5 aromatic rings. The highest BCUT2D eigenvalue weighted by atomic mass is 16.3. The minimum atomic E-state index is -0.343. The van der Waals surface area contributed by atoms with Gasteiger partial charge in [-0.15, -0.1) is 0 Å². The molecule has 0 aliphatic heterocycles. The smallest absolute Gasteiger partial charge is 0.136 e. The van der Waals surface area contributed by atoms with Gasteiger partial charge in [-0.2, -0.15) is 0 Å². The Morgan fingerprint density at radius 2 is 1.50 bits per heavy atom. The van der Waals surface area contributed by atoms with E-state index in [1.807, 2.05) is 42.5 Å². The maximum atomic E-state index is 8.78. The average Bonchev–Trinajstić information content (AvgIpc) is 3.20. The molecule has 0 spiro atoms. The van der Waals surface area contributed by atoms with Gasteiger partial charge in [-0.05, 0) is 52.3 Å². The predicted octanol–water partition coefficient (Wildman–Crippen LogP) is 8.53. The zero-order chi connectivity index (χ0) is 24.4. The van der Waals surface area contributed by atoms with Crippen LogP contribution in [-0.4, -0.2) is 0 Å². The van der Waals surface area contributed by atoms with Crippen molar-refractivity contribution in [1.29, 1.82) is 0 Å². The summed E-state index contributed by atoms with van der Waals surface area (Å²) in [6, 6.07) is 19.9. The van der Waals surface area contributed by atoms with Crippen molar-refractivity contribution in [1.82, 2.24) is 0 Å². The van der Waals surface area contributed by atoms with E-state index >= 15 is 0 Å². The van der Waals surface area contributed by atoms with E-state index in [0.29, 0.717) is 11.1 Å². The third-order valence-corrected chi connectivity index (χ3v) is 5.52. The summed E-state index contributed by atoms with van der Waals surface area (Å²) in [5.41, 5.74) is 5.89. The van der Waals surface area contributed by atoms with E-state index < -0.39 is 0 Å². The third kappa shape index (κ3) is 3.02. The lowest BCUT2D eigenvalue weighted by molar-refractivity contribution is 0.596. The molecule has 1 heterocycles. The Balaban J connectivity index is 1.99. The van der Waals surface area contributed by atoms with Gasteiger partial charge in [-0.3, -0.25) is 0 Å². The van der Waals surface area contributed by atoms with Crippen LogP contribution < -0.4 is 0 Å². The van der Waals surface area contributed by atoms with Gasteiger partial charge in [0, 0.05) is 10.8 Å². The van der Waals surface area contributed by atoms with Crippen LogP contribution in [0.15, 0.2) is 89.3 Å². The van der Waals surface area contributed by atoms with Crippen molar-refractivity contribution in [2.75, 3.05) is 0 Å². The summed E-state index contributed by atoms with van der Waals surface area (Å²) in [5.74, 6) is 0. The van der Waals surface area contributed by atoms with Gasteiger partial charge in [-0.1, -0.05) is 99.0 Å². The second-order valence-corrected chi connectivity index (χ2v) is 8.76. The summed E-state index contributed by atoms with van der Waals surface area (Å²) < 4.78 is 40.2. The van der Waals surface area contributed by atoms with E-state index in [2.05, 4.69) is 39.0 Å². The molecular formula is C29H26O. The number of furan rings is 1. The molecule has 0 bridgehead atoms. The Morgan fingerprint density at radius 3 is 2.27 bits per heavy atom. The minimum absolute atomic E-state index is 0.0581. The highest BCUT2D eigenvalue weighted by Gasteiger charge is 2.26. The second-order valence-electron chi connectivity index (χ2n) is 8.76. The molecule has 0 saturated carbocycles. The molecule has 1 nitrogen and oxygen atoms in total. The van der Waals surface area contributed by atoms with Crippen LogP contribution in [0.25, 0.3) is 44.2 Å². The van der Waals surface area contributed by atoms with Gasteiger partial charge in [0.05, 0.1) is 5.48 Å². The van der Waals surface area contributed by atoms with E-state index in [1.165, 1.54) is 0 Å². The van der Waals surface area contributed by atoms with Crippen LogP contribution in [0.3, 0.4) is 0 Å². The summed E-state index contributed by atoms with van der Waals surface area (Å²) >= 11 is 0. The quantitative estimate of drug-likeness (QED) is 0.292. The number of rotatable bonds is 2. The zero-order valence-corrected chi connectivity index (χ0v) is 17.7. The van der Waals surface area contributed by atoms with Crippen molar-refractivity contribution in [3.63, 3.8) is 0 Å². The van der Waals surface area contributed by atoms with Gasteiger partial charge in [0.25, 0.3) is 0 Å². The highest BCUT2D eigenvalue weighted by Crippen LogP contribution is 2.45. The fourth-order valence-electron chi connectivity index (χ4n) is 4.33. The Bertz CT molecular complexity index is 1540. The summed E-state index contributed by atoms with van der Waals surface area (Å²) in [6.07, 6.45) is 0. The summed E-state index contributed by atoms with van der Waals surface area (Å²) in [5, 5.41) is 1.98. The summed E-state index contributed by atoms with van der Waals surface area (Å²) in [6.45, 7) is 8.04. The van der Waals surface area contributed by atoms with Gasteiger partial charge in [0.2, 0.25) is 0 Å². The van der Waals surface area contributed by atoms with E-state index in [1.54, 1.807) is 6.92 Å². The molecule has 1 heteroatoms. The molecule has 4 aromatic carbocycles. The average molecular weight is 395 g/mol. The van der Waals surface area contributed by atoms with Crippen molar-refractivity contribution >= 4 is 21.9 Å². The van der Waals surface area contributed by atoms with Crippen molar-refractivity contribution in [2.24, 2.45) is 0 Å². The lowest BCUT2D eigenvalue weighted by Crippen LogP contribution is -2.13. The van der Waals surface area contributed by atoms with Crippen LogP contribution in [0.2, 0.25) is 0 Å². The van der Waals surface area contributed by atoms with E-state index in [4.69, 9.17) is 9.90 Å². The fraction of sp³-hybridized carbons (Fsp3) is 0.172. The molecule has 0 unspecified atom stereocenters. The van der Waals surface area contributed by atoms with Crippen LogP contribution in [0, 0.1) is 6.92 Å². The van der Waals surface area contributed by atoms with Gasteiger partial charge in [0.15, 0.2) is 0 Å². The van der Waals surface area contributed by atoms with Crippen LogP contribution in [0.4, 0.5) is 0 Å². The molecule has 0 atom stereocenters. The first-order valence-electron chi connectivity index (χ1n) is 12.2. The Kier molecular flexibility index (Phi) is 3.36. The first-order chi connectivity index (χ1) is 16.1. The van der Waals surface area contributed by atoms with Gasteiger partial charge >= 0.3 is 0 Å². The molecule has 30 heavy (non-hydrogen) atoms. The summed E-state index contributed by atoms with van der Waals surface area (Å²) in [7, 11) is 0. The molecule has 0 fully saturated rings. The van der Waals surface area contributed by atoms with Crippen LogP contribution in [0.5, 0.6) is 0 Å². The molecule has 5 rings (SSSR count). The van der Waals surface area contributed by atoms with Gasteiger partial charge in [0.1, 0.15) is 11.2 Å². The topological polar surface area (TPSA) is 13.1 Å². The second kappa shape index (κ2) is 6.88. The Hall–Kier alpha value is -3.32. The first-order valence-corrected chi connectivity index (χ1v) is 10.2. The SMILES string of the molecule is [2H]c1c([2H])c(C)c([2H])c(-c2ccc3oc4cccc(-c5ccccc5)c4c3c2C(C)(C)C)c1[2H]. The van der Waals surface area contributed by atoms with Crippen LogP contribution >= 0.6 is 0 Å². The predicted molar refractivity (Wildman–Crippen MR) is 128 cm³/mol. The van der Waals surface area contributed by atoms with E-state index in [0.717, 1.165) is 44.2 Å². The molecule has 0 amide bonds. The Labute approximate surface area is 183 Å². The number of benzene rings is 4. The van der Waals surface area contributed by atoms with Crippen molar-refractivity contribution in [2.45, 2.75) is 33.1 Å². The largest absolute Gasteiger partial charge is 0.456 e. The Morgan fingerprint density at radius 1 is 0.733 bits per heavy atom. The lowest BCUT2D eigenvalue weighted by Gasteiger charge is -2.25. The minimum Gasteiger partial charge on any atom is -0.456 e. The van der Waals surface area contributed by atoms with Crippen LogP contribution in [-0.2, 0) is 5.41 Å². The molecule has 1 aromatic heterocycles. The monoisotopic (exact) mass is 394 g/mol. The first kappa shape index (κ1) is 14.6. The molecule has 0 aliphatic rings.